The summed E-state index contributed by atoms with van der Waals surface area (Å²) in [4.78, 5) is 5.24. The molecule has 0 atom stereocenters. The summed E-state index contributed by atoms with van der Waals surface area (Å²) < 4.78 is 4.92. The molecule has 0 N–H and O–H groups in total. The monoisotopic (exact) mass is 713 g/mol. The van der Waals surface area contributed by atoms with Crippen molar-refractivity contribution in [3.05, 3.63) is 212 Å². The molecule has 11 rings (SSSR count). The average molecular weight is 714 g/mol. The highest BCUT2D eigenvalue weighted by molar-refractivity contribution is 6.23. The number of benzene rings is 8. The Kier molecular flexibility index (Phi) is 7.49. The van der Waals surface area contributed by atoms with Gasteiger partial charge in [0.1, 0.15) is 0 Å². The van der Waals surface area contributed by atoms with Gasteiger partial charge in [-0.25, -0.2) is 4.98 Å². The number of pyridine rings is 1. The van der Waals surface area contributed by atoms with Crippen LogP contribution < -0.4 is 0 Å². The molecular formula is C53H35N3. The van der Waals surface area contributed by atoms with E-state index in [1.165, 1.54) is 60.3 Å². The maximum absolute atomic E-state index is 5.24. The molecule has 0 spiro atoms. The molecule has 0 bridgehead atoms. The Hall–Kier alpha value is -7.49. The fraction of sp³-hybridized carbons (Fsp3) is 0. The third-order valence-electron chi connectivity index (χ3n) is 11.1. The van der Waals surface area contributed by atoms with Crippen molar-refractivity contribution in [2.75, 3.05) is 0 Å². The summed E-state index contributed by atoms with van der Waals surface area (Å²) in [5.41, 5.74) is 15.8. The zero-order valence-electron chi connectivity index (χ0n) is 30.5. The predicted molar refractivity (Wildman–Crippen MR) is 235 cm³/mol. The Morgan fingerprint density at radius 2 is 0.625 bits per heavy atom. The maximum atomic E-state index is 5.24. The molecule has 0 aliphatic carbocycles. The molecule has 0 radical (unpaired) electrons. The molecule has 262 valence electrons. The predicted octanol–water partition coefficient (Wildman–Crippen LogP) is 13.9. The first kappa shape index (κ1) is 32.0. The van der Waals surface area contributed by atoms with E-state index < -0.39 is 0 Å². The highest BCUT2D eigenvalue weighted by Crippen LogP contribution is 2.42. The minimum Gasteiger partial charge on any atom is -0.307 e. The number of nitrogens with zero attached hydrogens (tertiary/aromatic N) is 3. The largest absolute Gasteiger partial charge is 0.307 e. The van der Waals surface area contributed by atoms with Crippen molar-refractivity contribution in [2.24, 2.45) is 0 Å². The summed E-state index contributed by atoms with van der Waals surface area (Å²) in [5.74, 6) is 0. The average Bonchev–Trinajstić information content (AvgIpc) is 3.80. The number of hydrogen-bond donors (Lipinski definition) is 0. The molecule has 3 nitrogen and oxygen atoms in total. The van der Waals surface area contributed by atoms with E-state index in [9.17, 15) is 0 Å². The van der Waals surface area contributed by atoms with Crippen LogP contribution in [0.15, 0.2) is 212 Å². The first-order chi connectivity index (χ1) is 27.8. The van der Waals surface area contributed by atoms with E-state index in [2.05, 4.69) is 221 Å². The van der Waals surface area contributed by atoms with Crippen LogP contribution >= 0.6 is 0 Å². The molecule has 0 aliphatic heterocycles. The Morgan fingerprint density at radius 3 is 1.09 bits per heavy atom. The maximum Gasteiger partial charge on any atom is 0.0788 e. The summed E-state index contributed by atoms with van der Waals surface area (Å²) in [7, 11) is 0. The van der Waals surface area contributed by atoms with Gasteiger partial charge in [-0.05, 0) is 58.7 Å². The second kappa shape index (κ2) is 13.1. The van der Waals surface area contributed by atoms with Crippen molar-refractivity contribution in [1.29, 1.82) is 0 Å². The van der Waals surface area contributed by atoms with Gasteiger partial charge in [0, 0.05) is 38.4 Å². The highest BCUT2D eigenvalue weighted by Gasteiger charge is 2.22. The van der Waals surface area contributed by atoms with E-state index in [1.54, 1.807) is 0 Å². The summed E-state index contributed by atoms with van der Waals surface area (Å²) in [6.07, 6.45) is 0. The van der Waals surface area contributed by atoms with Gasteiger partial charge in [-0.15, -0.1) is 0 Å². The first-order valence-corrected chi connectivity index (χ1v) is 19.1. The van der Waals surface area contributed by atoms with Crippen molar-refractivity contribution in [3.63, 3.8) is 0 Å². The fourth-order valence-corrected chi connectivity index (χ4v) is 8.48. The molecule has 56 heavy (non-hydrogen) atoms. The van der Waals surface area contributed by atoms with Gasteiger partial charge in [0.25, 0.3) is 0 Å². The zero-order chi connectivity index (χ0) is 37.0. The molecule has 0 fully saturated rings. The second-order valence-corrected chi connectivity index (χ2v) is 14.4. The Balaban J connectivity index is 1.16. The number of rotatable bonds is 6. The molecule has 0 saturated heterocycles. The number of para-hydroxylation sites is 2. The van der Waals surface area contributed by atoms with Gasteiger partial charge in [0.2, 0.25) is 0 Å². The van der Waals surface area contributed by atoms with Crippen LogP contribution in [0.1, 0.15) is 0 Å². The summed E-state index contributed by atoms with van der Waals surface area (Å²) in [6.45, 7) is 0. The first-order valence-electron chi connectivity index (χ1n) is 19.1. The molecule has 11 aromatic rings. The van der Waals surface area contributed by atoms with Crippen LogP contribution in [0.25, 0.3) is 99.8 Å². The van der Waals surface area contributed by atoms with Crippen molar-refractivity contribution in [1.82, 2.24) is 14.1 Å². The quantitative estimate of drug-likeness (QED) is 0.168. The highest BCUT2D eigenvalue weighted by atomic mass is 15.0. The van der Waals surface area contributed by atoms with E-state index >= 15 is 0 Å². The lowest BCUT2D eigenvalue weighted by Crippen LogP contribution is -2.00. The molecule has 3 heterocycles. The molecule has 3 heteroatoms. The van der Waals surface area contributed by atoms with Crippen molar-refractivity contribution >= 4 is 43.6 Å². The van der Waals surface area contributed by atoms with Crippen LogP contribution in [0.2, 0.25) is 0 Å². The summed E-state index contributed by atoms with van der Waals surface area (Å²) in [5, 5.41) is 4.88. The molecule has 8 aromatic carbocycles. The molecular weight excluding hydrogens is 679 g/mol. The molecule has 0 saturated carbocycles. The van der Waals surface area contributed by atoms with Crippen LogP contribution in [0, 0.1) is 0 Å². The van der Waals surface area contributed by atoms with Crippen LogP contribution in [-0.4, -0.2) is 14.1 Å². The van der Waals surface area contributed by atoms with Gasteiger partial charge in [0.15, 0.2) is 0 Å². The van der Waals surface area contributed by atoms with Gasteiger partial charge < -0.3 is 9.13 Å². The molecule has 0 unspecified atom stereocenters. The zero-order valence-corrected chi connectivity index (χ0v) is 30.5. The lowest BCUT2D eigenvalue weighted by atomic mass is 10.0. The topological polar surface area (TPSA) is 22.8 Å². The standard InChI is InChI=1S/C53H35N3/c1-4-14-36(15-5-1)37-24-26-38(27-25-37)39-28-30-42(31-29-39)55-50-22-12-10-20-44(50)46-32-33-47-45-21-11-13-23-51(45)56(53(47)52(46)55)43-34-48(40-16-6-2-7-17-40)54-49(35-43)41-18-8-3-9-19-41/h1-35H. The summed E-state index contributed by atoms with van der Waals surface area (Å²) in [6, 6.07) is 76.2. The number of aromatic nitrogens is 3. The Bertz CT molecular complexity index is 3140. The van der Waals surface area contributed by atoms with E-state index in [0.717, 1.165) is 39.4 Å². The fourth-order valence-electron chi connectivity index (χ4n) is 8.48. The van der Waals surface area contributed by atoms with E-state index in [4.69, 9.17) is 4.98 Å². The van der Waals surface area contributed by atoms with E-state index in [-0.39, 0.29) is 0 Å². The molecule has 0 amide bonds. The minimum absolute atomic E-state index is 0.938. The van der Waals surface area contributed by atoms with E-state index in [1.807, 2.05) is 0 Å². The van der Waals surface area contributed by atoms with Gasteiger partial charge in [-0.1, -0.05) is 176 Å². The third-order valence-corrected chi connectivity index (χ3v) is 11.1. The Morgan fingerprint density at radius 1 is 0.268 bits per heavy atom. The van der Waals surface area contributed by atoms with Gasteiger partial charge in [-0.2, -0.15) is 0 Å². The van der Waals surface area contributed by atoms with Gasteiger partial charge in [0.05, 0.1) is 39.1 Å². The van der Waals surface area contributed by atoms with Crippen LogP contribution in [-0.2, 0) is 0 Å². The number of fused-ring (bicyclic) bond motifs is 7. The van der Waals surface area contributed by atoms with E-state index in [0.29, 0.717) is 0 Å². The normalized spacial score (nSPS) is 11.6. The lowest BCUT2D eigenvalue weighted by molar-refractivity contribution is 1.14. The van der Waals surface area contributed by atoms with Crippen molar-refractivity contribution in [3.8, 4) is 56.1 Å². The van der Waals surface area contributed by atoms with Crippen molar-refractivity contribution in [2.45, 2.75) is 0 Å². The molecule has 0 aliphatic rings. The van der Waals surface area contributed by atoms with Crippen molar-refractivity contribution < 1.29 is 0 Å². The van der Waals surface area contributed by atoms with Gasteiger partial charge in [-0.3, -0.25) is 0 Å². The smallest absolute Gasteiger partial charge is 0.0788 e. The van der Waals surface area contributed by atoms with Crippen LogP contribution in [0.3, 0.4) is 0 Å². The van der Waals surface area contributed by atoms with Gasteiger partial charge >= 0.3 is 0 Å². The minimum atomic E-state index is 0.938. The molecule has 3 aromatic heterocycles. The summed E-state index contributed by atoms with van der Waals surface area (Å²) >= 11 is 0. The lowest BCUT2D eigenvalue weighted by Gasteiger charge is -2.15. The number of hydrogen-bond acceptors (Lipinski definition) is 1. The third kappa shape index (κ3) is 5.25. The van der Waals surface area contributed by atoms with Crippen LogP contribution in [0.5, 0.6) is 0 Å². The Labute approximate surface area is 325 Å². The SMILES string of the molecule is c1ccc(-c2ccc(-c3ccc(-n4c5ccccc5c5ccc6c7ccccc7n(-c7cc(-c8ccccc8)nc(-c8ccccc8)c7)c6c54)cc3)cc2)cc1. The second-order valence-electron chi connectivity index (χ2n) is 14.4. The van der Waals surface area contributed by atoms with Crippen LogP contribution in [0.4, 0.5) is 0 Å².